The van der Waals surface area contributed by atoms with Crippen LogP contribution in [0.5, 0.6) is 0 Å². The Hall–Kier alpha value is -1.89. The average molecular weight is 293 g/mol. The van der Waals surface area contributed by atoms with E-state index in [2.05, 4.69) is 0 Å². The van der Waals surface area contributed by atoms with Crippen LogP contribution in [0.15, 0.2) is 48.8 Å². The predicted octanol–water partition coefficient (Wildman–Crippen LogP) is -0.614. The van der Waals surface area contributed by atoms with E-state index in [9.17, 15) is 4.79 Å². The van der Waals surface area contributed by atoms with Gasteiger partial charge in [-0.3, -0.25) is 4.79 Å². The van der Waals surface area contributed by atoms with E-state index in [4.69, 9.17) is 16.9 Å². The fraction of sp³-hybridized carbons (Fsp3) is 0.0714. The number of Topliss-reactive ketones (excluding diaryl/α,β-unsaturated/α-hetero) is 1. The van der Waals surface area contributed by atoms with Crippen molar-refractivity contribution in [3.05, 3.63) is 64.9 Å². The zero-order valence-corrected chi connectivity index (χ0v) is 11.4. The molecule has 96 valence electrons. The van der Waals surface area contributed by atoms with Gasteiger partial charge in [-0.25, -0.2) is 0 Å². The Balaban J connectivity index is 0.00000180. The molecule has 0 spiro atoms. The van der Waals surface area contributed by atoms with Gasteiger partial charge < -0.3 is 12.4 Å². The second kappa shape index (κ2) is 6.89. The fourth-order valence-corrected chi connectivity index (χ4v) is 1.66. The largest absolute Gasteiger partial charge is 1.00 e. The molecule has 0 unspecified atom stereocenters. The van der Waals surface area contributed by atoms with Crippen LogP contribution in [0.2, 0.25) is 5.02 Å². The number of pyridine rings is 1. The number of benzene rings is 1. The minimum absolute atomic E-state index is 0. The highest BCUT2D eigenvalue weighted by Gasteiger charge is 2.11. The van der Waals surface area contributed by atoms with Crippen LogP contribution in [0.3, 0.4) is 0 Å². The van der Waals surface area contributed by atoms with E-state index >= 15 is 0 Å². The topological polar surface area (TPSA) is 44.7 Å². The number of aromatic nitrogens is 1. The molecule has 0 saturated carbocycles. The smallest absolute Gasteiger partial charge is 0.227 e. The minimum Gasteiger partial charge on any atom is -1.00 e. The normalized spacial score (nSPS) is 9.26. The highest BCUT2D eigenvalue weighted by atomic mass is 35.5. The number of hydrogen-bond donors (Lipinski definition) is 0. The summed E-state index contributed by atoms with van der Waals surface area (Å²) in [6, 6.07) is 12.2. The molecule has 19 heavy (non-hydrogen) atoms. The summed E-state index contributed by atoms with van der Waals surface area (Å²) < 4.78 is 1.73. The molecule has 3 nitrogen and oxygen atoms in total. The third-order valence-electron chi connectivity index (χ3n) is 2.51. The quantitative estimate of drug-likeness (QED) is 0.559. The monoisotopic (exact) mass is 292 g/mol. The second-order valence-electron chi connectivity index (χ2n) is 3.80. The van der Waals surface area contributed by atoms with Crippen LogP contribution in [0.4, 0.5) is 0 Å². The summed E-state index contributed by atoms with van der Waals surface area (Å²) in [6.07, 6.45) is 3.43. The number of ketones is 1. The van der Waals surface area contributed by atoms with Gasteiger partial charge in [-0.05, 0) is 24.3 Å². The maximum atomic E-state index is 12.0. The maximum Gasteiger partial charge on any atom is 0.227 e. The SMILES string of the molecule is N#Cc1cc[n+](CC(=O)c2ccc(Cl)cc2)cc1.[Cl-]. The van der Waals surface area contributed by atoms with Crippen LogP contribution in [0.25, 0.3) is 0 Å². The van der Waals surface area contributed by atoms with Gasteiger partial charge in [0.15, 0.2) is 12.4 Å². The van der Waals surface area contributed by atoms with Crippen molar-refractivity contribution < 1.29 is 21.8 Å². The van der Waals surface area contributed by atoms with E-state index in [1.807, 2.05) is 6.07 Å². The summed E-state index contributed by atoms with van der Waals surface area (Å²) >= 11 is 5.76. The van der Waals surface area contributed by atoms with Crippen LogP contribution < -0.4 is 17.0 Å². The molecule has 0 atom stereocenters. The average Bonchev–Trinajstić information content (AvgIpc) is 2.40. The van der Waals surface area contributed by atoms with Crippen molar-refractivity contribution in [1.29, 1.82) is 5.26 Å². The van der Waals surface area contributed by atoms with E-state index in [-0.39, 0.29) is 24.7 Å². The lowest BCUT2D eigenvalue weighted by Crippen LogP contribution is -3.00. The van der Waals surface area contributed by atoms with Gasteiger partial charge in [-0.1, -0.05) is 11.6 Å². The zero-order valence-electron chi connectivity index (χ0n) is 9.88. The number of nitrogens with zero attached hydrogens (tertiary/aromatic N) is 2. The first-order valence-electron chi connectivity index (χ1n) is 5.37. The van der Waals surface area contributed by atoms with Crippen LogP contribution in [0, 0.1) is 11.3 Å². The van der Waals surface area contributed by atoms with Gasteiger partial charge in [0.1, 0.15) is 0 Å². The molecule has 0 amide bonds. The van der Waals surface area contributed by atoms with Crippen molar-refractivity contribution in [2.24, 2.45) is 0 Å². The molecule has 1 aromatic heterocycles. The zero-order chi connectivity index (χ0) is 13.0. The Kier molecular flexibility index (Phi) is 5.50. The number of nitriles is 1. The molecular formula is C14H10Cl2N2O. The first-order valence-corrected chi connectivity index (χ1v) is 5.75. The van der Waals surface area contributed by atoms with Gasteiger partial charge >= 0.3 is 0 Å². The van der Waals surface area contributed by atoms with Gasteiger partial charge in [0.25, 0.3) is 0 Å². The minimum atomic E-state index is 0. The van der Waals surface area contributed by atoms with Gasteiger partial charge in [-0.15, -0.1) is 0 Å². The van der Waals surface area contributed by atoms with Crippen molar-refractivity contribution in [3.8, 4) is 6.07 Å². The lowest BCUT2D eigenvalue weighted by Gasteiger charge is -1.98. The van der Waals surface area contributed by atoms with Crippen LogP contribution in [0.1, 0.15) is 15.9 Å². The molecular weight excluding hydrogens is 283 g/mol. The van der Waals surface area contributed by atoms with Crippen molar-refractivity contribution in [1.82, 2.24) is 0 Å². The maximum absolute atomic E-state index is 12.0. The first-order chi connectivity index (χ1) is 8.69. The summed E-state index contributed by atoms with van der Waals surface area (Å²) in [5.74, 6) is 0.00127. The molecule has 1 aromatic carbocycles. The molecule has 0 aliphatic heterocycles. The standard InChI is InChI=1S/C14H10ClN2O.ClH/c15-13-3-1-12(2-4-13)14(18)10-17-7-5-11(9-16)6-8-17;/h1-8H,10H2;1H/q+1;/p-1. The predicted molar refractivity (Wildman–Crippen MR) is 67.1 cm³/mol. The Bertz CT molecular complexity index is 601. The van der Waals surface area contributed by atoms with Crippen molar-refractivity contribution in [2.45, 2.75) is 6.54 Å². The molecule has 2 rings (SSSR count). The number of hydrogen-bond acceptors (Lipinski definition) is 2. The summed E-state index contributed by atoms with van der Waals surface area (Å²) in [5, 5.41) is 9.28. The summed E-state index contributed by atoms with van der Waals surface area (Å²) in [7, 11) is 0. The van der Waals surface area contributed by atoms with Crippen molar-refractivity contribution in [2.75, 3.05) is 0 Å². The molecule has 0 bridgehead atoms. The lowest BCUT2D eigenvalue weighted by atomic mass is 10.1. The Morgan fingerprint density at radius 1 is 1.16 bits per heavy atom. The first kappa shape index (κ1) is 15.2. The molecule has 2 aromatic rings. The Morgan fingerprint density at radius 2 is 1.74 bits per heavy atom. The van der Waals surface area contributed by atoms with Crippen molar-refractivity contribution >= 4 is 17.4 Å². The van der Waals surface area contributed by atoms with E-state index < -0.39 is 0 Å². The molecule has 0 aliphatic carbocycles. The number of carbonyl (C=O) groups is 1. The number of halogens is 2. The lowest BCUT2D eigenvalue weighted by molar-refractivity contribution is -0.683. The van der Waals surface area contributed by atoms with Gasteiger partial charge in [-0.2, -0.15) is 9.83 Å². The van der Waals surface area contributed by atoms with Gasteiger partial charge in [0.05, 0.1) is 11.6 Å². The summed E-state index contributed by atoms with van der Waals surface area (Å²) in [4.78, 5) is 12.0. The van der Waals surface area contributed by atoms with E-state index in [0.717, 1.165) is 0 Å². The van der Waals surface area contributed by atoms with Gasteiger partial charge in [0.2, 0.25) is 12.3 Å². The third-order valence-corrected chi connectivity index (χ3v) is 2.76. The molecule has 0 N–H and O–H groups in total. The van der Waals surface area contributed by atoms with Crippen LogP contribution in [-0.4, -0.2) is 5.78 Å². The molecule has 0 fully saturated rings. The van der Waals surface area contributed by atoms with Gasteiger partial charge in [0, 0.05) is 22.7 Å². The summed E-state index contributed by atoms with van der Waals surface area (Å²) in [5.41, 5.74) is 1.20. The summed E-state index contributed by atoms with van der Waals surface area (Å²) in [6.45, 7) is 0.243. The number of rotatable bonds is 3. The Labute approximate surface area is 122 Å². The highest BCUT2D eigenvalue weighted by Crippen LogP contribution is 2.09. The fourth-order valence-electron chi connectivity index (χ4n) is 1.53. The highest BCUT2D eigenvalue weighted by molar-refractivity contribution is 6.30. The number of carbonyl (C=O) groups excluding carboxylic acids is 1. The molecule has 0 saturated heterocycles. The van der Waals surface area contributed by atoms with Crippen LogP contribution in [-0.2, 0) is 6.54 Å². The molecule has 0 aliphatic rings. The van der Waals surface area contributed by atoms with Crippen LogP contribution >= 0.6 is 11.6 Å². The molecule has 0 radical (unpaired) electrons. The molecule has 1 heterocycles. The molecule has 5 heteroatoms. The Morgan fingerprint density at radius 3 is 2.26 bits per heavy atom. The van der Waals surface area contributed by atoms with E-state index in [1.54, 1.807) is 53.4 Å². The van der Waals surface area contributed by atoms with E-state index in [1.165, 1.54) is 0 Å². The third kappa shape index (κ3) is 4.06. The second-order valence-corrected chi connectivity index (χ2v) is 4.24. The van der Waals surface area contributed by atoms with Crippen molar-refractivity contribution in [3.63, 3.8) is 0 Å². The van der Waals surface area contributed by atoms with E-state index in [0.29, 0.717) is 16.1 Å².